The molecular formula is C21H26F5NO3. The van der Waals surface area contributed by atoms with Gasteiger partial charge >= 0.3 is 12.8 Å². The molecule has 1 aliphatic carbocycles. The summed E-state index contributed by atoms with van der Waals surface area (Å²) in [4.78, 5) is 13.8. The predicted molar refractivity (Wildman–Crippen MR) is 98.8 cm³/mol. The molecule has 0 spiro atoms. The maximum absolute atomic E-state index is 13.8. The van der Waals surface area contributed by atoms with Gasteiger partial charge in [-0.25, -0.2) is 0 Å². The zero-order valence-electron chi connectivity index (χ0n) is 16.7. The van der Waals surface area contributed by atoms with Crippen LogP contribution in [0.25, 0.3) is 0 Å². The van der Waals surface area contributed by atoms with E-state index in [0.717, 1.165) is 35.4 Å². The van der Waals surface area contributed by atoms with Gasteiger partial charge in [0.25, 0.3) is 11.5 Å². The van der Waals surface area contributed by atoms with Crippen LogP contribution in [0.2, 0.25) is 0 Å². The highest BCUT2D eigenvalue weighted by Gasteiger charge is 2.62. The number of benzene rings is 1. The van der Waals surface area contributed by atoms with Crippen molar-refractivity contribution in [2.24, 2.45) is 17.8 Å². The molecule has 1 saturated carbocycles. The highest BCUT2D eigenvalue weighted by Crippen LogP contribution is 2.43. The van der Waals surface area contributed by atoms with Gasteiger partial charge in [-0.3, -0.25) is 4.79 Å². The van der Waals surface area contributed by atoms with Crippen molar-refractivity contribution in [1.82, 2.24) is 4.90 Å². The van der Waals surface area contributed by atoms with E-state index in [2.05, 4.69) is 11.7 Å². The summed E-state index contributed by atoms with van der Waals surface area (Å²) < 4.78 is 70.5. The maximum atomic E-state index is 13.8. The van der Waals surface area contributed by atoms with E-state index in [1.54, 1.807) is 0 Å². The summed E-state index contributed by atoms with van der Waals surface area (Å²) in [5.41, 5.74) is -4.67. The number of aliphatic hydroxyl groups is 1. The van der Waals surface area contributed by atoms with Crippen LogP contribution >= 0.6 is 0 Å². The summed E-state index contributed by atoms with van der Waals surface area (Å²) in [6.07, 6.45) is -0.804. The Morgan fingerprint density at radius 3 is 2.37 bits per heavy atom. The molecule has 0 unspecified atom stereocenters. The number of likely N-dealkylation sites (tertiary alicyclic amines) is 1. The molecule has 0 radical (unpaired) electrons. The molecule has 30 heavy (non-hydrogen) atoms. The zero-order valence-corrected chi connectivity index (χ0v) is 16.7. The minimum atomic E-state index is -5.33. The molecule has 1 aromatic carbocycles. The van der Waals surface area contributed by atoms with Gasteiger partial charge in [-0.1, -0.05) is 19.1 Å². The molecule has 4 nitrogen and oxygen atoms in total. The van der Waals surface area contributed by atoms with Crippen LogP contribution in [-0.4, -0.2) is 41.8 Å². The van der Waals surface area contributed by atoms with E-state index in [1.807, 2.05) is 0 Å². The Morgan fingerprint density at radius 2 is 1.83 bits per heavy atom. The average Bonchev–Trinajstić information content (AvgIpc) is 2.65. The minimum Gasteiger partial charge on any atom is -0.435 e. The largest absolute Gasteiger partial charge is 0.435 e. The van der Waals surface area contributed by atoms with Gasteiger partial charge in [0.2, 0.25) is 0 Å². The number of piperidine rings is 1. The number of hydrogen-bond acceptors (Lipinski definition) is 3. The predicted octanol–water partition coefficient (Wildman–Crippen LogP) is 4.71. The zero-order chi connectivity index (χ0) is 22.1. The summed E-state index contributed by atoms with van der Waals surface area (Å²) in [5.74, 6) is -0.320. The van der Waals surface area contributed by atoms with Gasteiger partial charge < -0.3 is 14.7 Å². The third kappa shape index (κ3) is 4.71. The molecule has 1 aromatic rings. The molecule has 1 heterocycles. The van der Waals surface area contributed by atoms with Crippen LogP contribution in [0.5, 0.6) is 5.75 Å². The van der Waals surface area contributed by atoms with Gasteiger partial charge in [0.05, 0.1) is 0 Å². The molecule has 2 fully saturated rings. The van der Waals surface area contributed by atoms with Crippen molar-refractivity contribution in [3.63, 3.8) is 0 Å². The smallest absolute Gasteiger partial charge is 0.430 e. The molecule has 1 saturated heterocycles. The molecule has 1 N–H and O–H groups in total. The highest BCUT2D eigenvalue weighted by molar-refractivity contribution is 5.87. The monoisotopic (exact) mass is 435 g/mol. The Labute approximate surface area is 172 Å². The first-order valence-corrected chi connectivity index (χ1v) is 10.1. The summed E-state index contributed by atoms with van der Waals surface area (Å²) in [5, 5.41) is 10.5. The quantitative estimate of drug-likeness (QED) is 0.659. The van der Waals surface area contributed by atoms with Crippen LogP contribution in [0.3, 0.4) is 0 Å². The molecule has 2 aliphatic rings. The lowest BCUT2D eigenvalue weighted by Crippen LogP contribution is -2.57. The van der Waals surface area contributed by atoms with Crippen molar-refractivity contribution in [3.05, 3.63) is 29.8 Å². The van der Waals surface area contributed by atoms with E-state index in [0.29, 0.717) is 30.7 Å². The Balaban J connectivity index is 1.73. The fourth-order valence-electron chi connectivity index (χ4n) is 4.64. The van der Waals surface area contributed by atoms with Crippen molar-refractivity contribution in [1.29, 1.82) is 0 Å². The molecule has 9 heteroatoms. The van der Waals surface area contributed by atoms with Gasteiger partial charge in [0, 0.05) is 18.7 Å². The Bertz CT molecular complexity index is 742. The van der Waals surface area contributed by atoms with Crippen LogP contribution in [0.4, 0.5) is 22.0 Å². The van der Waals surface area contributed by atoms with Gasteiger partial charge in [-0.2, -0.15) is 22.0 Å². The summed E-state index contributed by atoms with van der Waals surface area (Å²) in [6, 6.07) is 3.57. The van der Waals surface area contributed by atoms with Crippen molar-refractivity contribution >= 4 is 5.91 Å². The van der Waals surface area contributed by atoms with Gasteiger partial charge in [-0.15, -0.1) is 0 Å². The normalized spacial score (nSPS) is 25.0. The molecule has 0 aromatic heterocycles. The van der Waals surface area contributed by atoms with E-state index in [-0.39, 0.29) is 13.1 Å². The number of carbonyl (C=O) groups excluding carboxylic acids is 1. The van der Waals surface area contributed by atoms with Crippen LogP contribution in [0, 0.1) is 17.8 Å². The van der Waals surface area contributed by atoms with E-state index >= 15 is 0 Å². The van der Waals surface area contributed by atoms with Crippen LogP contribution in [0.1, 0.15) is 44.6 Å². The average molecular weight is 435 g/mol. The third-order valence-electron chi connectivity index (χ3n) is 6.24. The summed E-state index contributed by atoms with van der Waals surface area (Å²) in [6.45, 7) is -0.807. The van der Waals surface area contributed by atoms with Crippen molar-refractivity contribution in [2.75, 3.05) is 13.1 Å². The van der Waals surface area contributed by atoms with Crippen LogP contribution in [-0.2, 0) is 10.4 Å². The number of halogens is 5. The van der Waals surface area contributed by atoms with E-state index in [4.69, 9.17) is 0 Å². The lowest BCUT2D eigenvalue weighted by atomic mass is 9.71. The Morgan fingerprint density at radius 1 is 1.20 bits per heavy atom. The molecular weight excluding hydrogens is 409 g/mol. The number of hydrogen-bond donors (Lipinski definition) is 1. The SMILES string of the molecule is CC1CC(CC2CCN(C(=O)[C@](O)(c3cccc(OC(F)F)c3)C(F)(F)F)CC2)C1. The van der Waals surface area contributed by atoms with Crippen molar-refractivity contribution in [3.8, 4) is 5.75 Å². The van der Waals surface area contributed by atoms with Gasteiger partial charge in [0.1, 0.15) is 5.75 Å². The highest BCUT2D eigenvalue weighted by atomic mass is 19.4. The number of alkyl halides is 5. The number of nitrogens with zero attached hydrogens (tertiary/aromatic N) is 1. The Kier molecular flexibility index (Phi) is 6.60. The van der Waals surface area contributed by atoms with Gasteiger partial charge in [-0.05, 0) is 62.0 Å². The molecule has 168 valence electrons. The van der Waals surface area contributed by atoms with E-state index in [1.165, 1.54) is 12.8 Å². The van der Waals surface area contributed by atoms with E-state index in [9.17, 15) is 31.9 Å². The fourth-order valence-corrected chi connectivity index (χ4v) is 4.64. The van der Waals surface area contributed by atoms with E-state index < -0.39 is 35.6 Å². The number of rotatable bonds is 6. The topological polar surface area (TPSA) is 49.8 Å². The molecule has 1 aliphatic heterocycles. The first kappa shape index (κ1) is 22.8. The first-order chi connectivity index (χ1) is 14.0. The van der Waals surface area contributed by atoms with Crippen LogP contribution < -0.4 is 4.74 Å². The second-order valence-electron chi connectivity index (χ2n) is 8.53. The van der Waals surface area contributed by atoms with Crippen molar-refractivity contribution < 1.29 is 36.6 Å². The summed E-state index contributed by atoms with van der Waals surface area (Å²) >= 11 is 0. The third-order valence-corrected chi connectivity index (χ3v) is 6.24. The Hall–Kier alpha value is -1.90. The standard InChI is InChI=1S/C21H26F5NO3/c1-13-9-15(10-13)11-14-5-7-27(8-6-14)18(28)20(29,21(24,25)26)16-3-2-4-17(12-16)30-19(22)23/h2-4,12-15,19,29H,5-11H2,1H3/t13?,15?,20-/m1/s1. The fraction of sp³-hybridized carbons (Fsp3) is 0.667. The maximum Gasteiger partial charge on any atom is 0.430 e. The molecule has 0 bridgehead atoms. The second-order valence-corrected chi connectivity index (χ2v) is 8.53. The van der Waals surface area contributed by atoms with Crippen molar-refractivity contribution in [2.45, 2.75) is 57.4 Å². The lowest BCUT2D eigenvalue weighted by Gasteiger charge is -2.41. The number of amides is 1. The molecule has 1 amide bonds. The van der Waals surface area contributed by atoms with Gasteiger partial charge in [0.15, 0.2) is 0 Å². The minimum absolute atomic E-state index is 0.122. The molecule has 3 rings (SSSR count). The lowest BCUT2D eigenvalue weighted by molar-refractivity contribution is -0.262. The van der Waals surface area contributed by atoms with Crippen LogP contribution in [0.15, 0.2) is 24.3 Å². The number of carbonyl (C=O) groups is 1. The summed E-state index contributed by atoms with van der Waals surface area (Å²) in [7, 11) is 0. The second kappa shape index (κ2) is 8.69. The number of ether oxygens (including phenoxy) is 1. The molecule has 1 atom stereocenters. The first-order valence-electron chi connectivity index (χ1n) is 10.1.